The Balaban J connectivity index is 1.98. The van der Waals surface area contributed by atoms with Crippen molar-refractivity contribution in [3.63, 3.8) is 0 Å². The van der Waals surface area contributed by atoms with Crippen LogP contribution in [0.2, 0.25) is 5.02 Å². The molecule has 1 unspecified atom stereocenters. The lowest BCUT2D eigenvalue weighted by molar-refractivity contribution is 0.576. The molecule has 0 radical (unpaired) electrons. The van der Waals surface area contributed by atoms with Crippen molar-refractivity contribution in [3.8, 4) is 0 Å². The molecule has 1 heterocycles. The van der Waals surface area contributed by atoms with Gasteiger partial charge in [-0.3, -0.25) is 0 Å². The van der Waals surface area contributed by atoms with E-state index in [1.54, 1.807) is 17.4 Å². The summed E-state index contributed by atoms with van der Waals surface area (Å²) in [4.78, 5) is 1.27. The van der Waals surface area contributed by atoms with Crippen LogP contribution in [0.4, 0.5) is 4.39 Å². The van der Waals surface area contributed by atoms with E-state index in [0.29, 0.717) is 11.6 Å². The maximum absolute atomic E-state index is 13.1. The minimum atomic E-state index is -0.293. The van der Waals surface area contributed by atoms with Gasteiger partial charge in [0.2, 0.25) is 0 Å². The standard InChI is InChI=1S/C13H13ClFNS/c1-9(13-3-2-4-17-13)16-8-10-5-11(14)7-12(15)6-10/h2-7,9,16H,8H2,1H3. The summed E-state index contributed by atoms with van der Waals surface area (Å²) >= 11 is 7.51. The highest BCUT2D eigenvalue weighted by atomic mass is 35.5. The van der Waals surface area contributed by atoms with Crippen LogP contribution >= 0.6 is 22.9 Å². The lowest BCUT2D eigenvalue weighted by Gasteiger charge is -2.12. The minimum Gasteiger partial charge on any atom is -0.305 e. The molecule has 0 spiro atoms. The van der Waals surface area contributed by atoms with Gasteiger partial charge in [-0.05, 0) is 42.1 Å². The van der Waals surface area contributed by atoms with E-state index < -0.39 is 0 Å². The first kappa shape index (κ1) is 12.6. The minimum absolute atomic E-state index is 0.261. The molecular weight excluding hydrogens is 257 g/mol. The van der Waals surface area contributed by atoms with Gasteiger partial charge in [-0.15, -0.1) is 11.3 Å². The van der Waals surface area contributed by atoms with Crippen molar-refractivity contribution in [2.75, 3.05) is 0 Å². The molecule has 0 aliphatic heterocycles. The zero-order valence-electron chi connectivity index (χ0n) is 9.41. The predicted octanol–water partition coefficient (Wildman–Crippen LogP) is 4.39. The molecule has 0 bridgehead atoms. The van der Waals surface area contributed by atoms with Crippen molar-refractivity contribution in [3.05, 3.63) is 57.0 Å². The molecule has 4 heteroatoms. The van der Waals surface area contributed by atoms with Crippen LogP contribution in [0.5, 0.6) is 0 Å². The van der Waals surface area contributed by atoms with Gasteiger partial charge in [-0.1, -0.05) is 17.7 Å². The second-order valence-corrected chi connectivity index (χ2v) is 5.31. The van der Waals surface area contributed by atoms with E-state index in [1.165, 1.54) is 17.0 Å². The second-order valence-electron chi connectivity index (χ2n) is 3.90. The van der Waals surface area contributed by atoms with E-state index in [9.17, 15) is 4.39 Å². The molecule has 17 heavy (non-hydrogen) atoms. The highest BCUT2D eigenvalue weighted by Gasteiger charge is 2.06. The molecule has 0 saturated carbocycles. The normalized spacial score (nSPS) is 12.6. The third-order valence-electron chi connectivity index (χ3n) is 2.50. The second kappa shape index (κ2) is 5.63. The molecule has 0 amide bonds. The van der Waals surface area contributed by atoms with Gasteiger partial charge in [-0.25, -0.2) is 4.39 Å². The summed E-state index contributed by atoms with van der Waals surface area (Å²) in [5, 5.41) is 5.82. The quantitative estimate of drug-likeness (QED) is 0.868. The van der Waals surface area contributed by atoms with E-state index >= 15 is 0 Å². The Morgan fingerprint density at radius 1 is 1.41 bits per heavy atom. The van der Waals surface area contributed by atoms with E-state index in [-0.39, 0.29) is 11.9 Å². The first-order valence-corrected chi connectivity index (χ1v) is 6.62. The van der Waals surface area contributed by atoms with Crippen LogP contribution in [-0.4, -0.2) is 0 Å². The molecule has 0 aliphatic rings. The van der Waals surface area contributed by atoms with Gasteiger partial charge >= 0.3 is 0 Å². The van der Waals surface area contributed by atoms with Gasteiger partial charge in [0.05, 0.1) is 0 Å². The number of hydrogen-bond acceptors (Lipinski definition) is 2. The topological polar surface area (TPSA) is 12.0 Å². The summed E-state index contributed by atoms with van der Waals surface area (Å²) in [5.41, 5.74) is 0.860. The molecule has 90 valence electrons. The van der Waals surface area contributed by atoms with Crippen LogP contribution in [0.25, 0.3) is 0 Å². The van der Waals surface area contributed by atoms with Crippen molar-refractivity contribution in [2.24, 2.45) is 0 Å². The number of thiophene rings is 1. The van der Waals surface area contributed by atoms with Crippen molar-refractivity contribution >= 4 is 22.9 Å². The van der Waals surface area contributed by atoms with E-state index in [1.807, 2.05) is 11.4 Å². The smallest absolute Gasteiger partial charge is 0.125 e. The van der Waals surface area contributed by atoms with Crippen molar-refractivity contribution in [1.29, 1.82) is 0 Å². The lowest BCUT2D eigenvalue weighted by Crippen LogP contribution is -2.17. The fourth-order valence-electron chi connectivity index (χ4n) is 1.62. The molecule has 1 aromatic heterocycles. The summed E-state index contributed by atoms with van der Waals surface area (Å²) < 4.78 is 13.1. The summed E-state index contributed by atoms with van der Waals surface area (Å²) in [5.74, 6) is -0.293. The van der Waals surface area contributed by atoms with E-state index in [0.717, 1.165) is 5.56 Å². The number of benzene rings is 1. The van der Waals surface area contributed by atoms with Crippen molar-refractivity contribution in [1.82, 2.24) is 5.32 Å². The molecule has 1 N–H and O–H groups in total. The van der Waals surface area contributed by atoms with Gasteiger partial charge in [-0.2, -0.15) is 0 Å². The van der Waals surface area contributed by atoms with Gasteiger partial charge in [0.1, 0.15) is 5.82 Å². The number of hydrogen-bond donors (Lipinski definition) is 1. The Bertz CT molecular complexity index is 464. The zero-order valence-corrected chi connectivity index (χ0v) is 11.0. The summed E-state index contributed by atoms with van der Waals surface area (Å²) in [6.07, 6.45) is 0. The maximum Gasteiger partial charge on any atom is 0.125 e. The van der Waals surface area contributed by atoms with Crippen LogP contribution in [-0.2, 0) is 6.54 Å². The molecule has 0 aliphatic carbocycles. The third-order valence-corrected chi connectivity index (χ3v) is 3.78. The molecule has 2 aromatic rings. The zero-order chi connectivity index (χ0) is 12.3. The molecule has 2 rings (SSSR count). The highest BCUT2D eigenvalue weighted by molar-refractivity contribution is 7.10. The van der Waals surface area contributed by atoms with Crippen LogP contribution in [0.1, 0.15) is 23.4 Å². The molecule has 1 aromatic carbocycles. The Hall–Kier alpha value is -0.900. The van der Waals surface area contributed by atoms with Crippen LogP contribution < -0.4 is 5.32 Å². The van der Waals surface area contributed by atoms with Crippen molar-refractivity contribution in [2.45, 2.75) is 19.5 Å². The predicted molar refractivity (Wildman–Crippen MR) is 71.0 cm³/mol. The third kappa shape index (κ3) is 3.53. The Labute approximate surface area is 109 Å². The molecule has 0 saturated heterocycles. The highest BCUT2D eigenvalue weighted by Crippen LogP contribution is 2.19. The largest absolute Gasteiger partial charge is 0.305 e. The number of halogens is 2. The average Bonchev–Trinajstić information content (AvgIpc) is 2.78. The van der Waals surface area contributed by atoms with Crippen LogP contribution in [0.15, 0.2) is 35.7 Å². The fourth-order valence-corrected chi connectivity index (χ4v) is 2.63. The Morgan fingerprint density at radius 2 is 2.24 bits per heavy atom. The molecule has 0 fully saturated rings. The number of nitrogens with one attached hydrogen (secondary N) is 1. The SMILES string of the molecule is CC(NCc1cc(F)cc(Cl)c1)c1cccs1. The number of rotatable bonds is 4. The summed E-state index contributed by atoms with van der Waals surface area (Å²) in [6, 6.07) is 8.96. The first-order chi connectivity index (χ1) is 8.15. The van der Waals surface area contributed by atoms with E-state index in [2.05, 4.69) is 18.3 Å². The molecule has 1 nitrogen and oxygen atoms in total. The van der Waals surface area contributed by atoms with Gasteiger partial charge in [0, 0.05) is 22.5 Å². The van der Waals surface area contributed by atoms with Crippen molar-refractivity contribution < 1.29 is 4.39 Å². The van der Waals surface area contributed by atoms with Gasteiger partial charge in [0.25, 0.3) is 0 Å². The van der Waals surface area contributed by atoms with Gasteiger partial charge in [0.15, 0.2) is 0 Å². The summed E-state index contributed by atoms with van der Waals surface area (Å²) in [6.45, 7) is 2.70. The van der Waals surface area contributed by atoms with Gasteiger partial charge < -0.3 is 5.32 Å². The Kier molecular flexibility index (Phi) is 4.15. The fraction of sp³-hybridized carbons (Fsp3) is 0.231. The first-order valence-electron chi connectivity index (χ1n) is 5.37. The monoisotopic (exact) mass is 269 g/mol. The summed E-state index contributed by atoms with van der Waals surface area (Å²) in [7, 11) is 0. The lowest BCUT2D eigenvalue weighted by atomic mass is 10.2. The molecule has 1 atom stereocenters. The maximum atomic E-state index is 13.1. The van der Waals surface area contributed by atoms with Crippen LogP contribution in [0, 0.1) is 5.82 Å². The Morgan fingerprint density at radius 3 is 2.88 bits per heavy atom. The average molecular weight is 270 g/mol. The van der Waals surface area contributed by atoms with E-state index in [4.69, 9.17) is 11.6 Å². The van der Waals surface area contributed by atoms with Crippen LogP contribution in [0.3, 0.4) is 0 Å². The molecular formula is C13H13ClFNS.